The highest BCUT2D eigenvalue weighted by Gasteiger charge is 2.31. The van der Waals surface area contributed by atoms with Gasteiger partial charge in [-0.2, -0.15) is 5.26 Å². The van der Waals surface area contributed by atoms with Gasteiger partial charge < -0.3 is 4.74 Å². The monoisotopic (exact) mass is 276 g/mol. The van der Waals surface area contributed by atoms with Gasteiger partial charge in [0.1, 0.15) is 11.8 Å². The molecule has 0 aliphatic carbocycles. The maximum absolute atomic E-state index is 12.5. The van der Waals surface area contributed by atoms with E-state index in [0.29, 0.717) is 22.7 Å². The first-order chi connectivity index (χ1) is 10.2. The van der Waals surface area contributed by atoms with E-state index in [1.165, 1.54) is 0 Å². The Balaban J connectivity index is 1.98. The van der Waals surface area contributed by atoms with E-state index in [0.717, 1.165) is 5.56 Å². The number of amides is 1. The second-order valence-corrected chi connectivity index (χ2v) is 4.58. The molecule has 1 aliphatic heterocycles. The molecule has 4 heteroatoms. The molecule has 102 valence electrons. The molecule has 2 aromatic carbocycles. The molecule has 0 radical (unpaired) electrons. The average molecular weight is 276 g/mol. The van der Waals surface area contributed by atoms with Crippen LogP contribution >= 0.6 is 0 Å². The quantitative estimate of drug-likeness (QED) is 0.864. The number of anilines is 1. The second kappa shape index (κ2) is 5.14. The molecule has 4 nitrogen and oxygen atoms in total. The predicted octanol–water partition coefficient (Wildman–Crippen LogP) is 3.22. The summed E-state index contributed by atoms with van der Waals surface area (Å²) < 4.78 is 5.27. The van der Waals surface area contributed by atoms with Crippen LogP contribution in [0.2, 0.25) is 0 Å². The molecular weight excluding hydrogens is 264 g/mol. The molecule has 21 heavy (non-hydrogen) atoms. The van der Waals surface area contributed by atoms with Crippen molar-refractivity contribution in [3.05, 3.63) is 66.2 Å². The lowest BCUT2D eigenvalue weighted by Crippen LogP contribution is -2.21. The minimum atomic E-state index is -0.104. The lowest BCUT2D eigenvalue weighted by atomic mass is 10.1. The van der Waals surface area contributed by atoms with E-state index >= 15 is 0 Å². The summed E-state index contributed by atoms with van der Waals surface area (Å²) in [5, 5.41) is 8.56. The lowest BCUT2D eigenvalue weighted by Gasteiger charge is -2.18. The van der Waals surface area contributed by atoms with Crippen molar-refractivity contribution in [2.75, 3.05) is 11.5 Å². The second-order valence-electron chi connectivity index (χ2n) is 4.58. The van der Waals surface area contributed by atoms with Gasteiger partial charge in [0.15, 0.2) is 6.61 Å². The summed E-state index contributed by atoms with van der Waals surface area (Å²) in [6.45, 7) is 3.98. The molecule has 0 bridgehead atoms. The van der Waals surface area contributed by atoms with Crippen molar-refractivity contribution in [3.8, 4) is 11.8 Å². The smallest absolute Gasteiger partial charge is 0.263 e. The van der Waals surface area contributed by atoms with E-state index in [9.17, 15) is 4.79 Å². The molecule has 0 fully saturated rings. The molecule has 0 spiro atoms. The van der Waals surface area contributed by atoms with Gasteiger partial charge in [-0.3, -0.25) is 9.69 Å². The molecule has 0 atom stereocenters. The number of rotatable bonds is 3. The summed E-state index contributed by atoms with van der Waals surface area (Å²) in [6.07, 6.45) is 0. The van der Waals surface area contributed by atoms with Crippen molar-refractivity contribution in [3.63, 3.8) is 0 Å². The van der Waals surface area contributed by atoms with Gasteiger partial charge in [-0.05, 0) is 18.2 Å². The normalized spacial score (nSPS) is 13.0. The van der Waals surface area contributed by atoms with Crippen LogP contribution in [0.3, 0.4) is 0 Å². The third kappa shape index (κ3) is 2.15. The molecule has 0 aromatic heterocycles. The lowest BCUT2D eigenvalue weighted by molar-refractivity contribution is 0.101. The summed E-state index contributed by atoms with van der Waals surface area (Å²) in [5.41, 5.74) is 2.81. The van der Waals surface area contributed by atoms with Crippen LogP contribution in [-0.4, -0.2) is 12.5 Å². The highest BCUT2D eigenvalue weighted by Crippen LogP contribution is 2.36. The Morgan fingerprint density at radius 2 is 1.90 bits per heavy atom. The van der Waals surface area contributed by atoms with E-state index in [2.05, 4.69) is 6.58 Å². The first-order valence-electron chi connectivity index (χ1n) is 6.45. The molecule has 0 unspecified atom stereocenters. The van der Waals surface area contributed by atoms with Gasteiger partial charge in [-0.15, -0.1) is 0 Å². The number of hydrogen-bond acceptors (Lipinski definition) is 3. The fourth-order valence-corrected chi connectivity index (χ4v) is 2.39. The Labute approximate surface area is 122 Å². The zero-order valence-electron chi connectivity index (χ0n) is 11.2. The topological polar surface area (TPSA) is 53.3 Å². The van der Waals surface area contributed by atoms with E-state index < -0.39 is 0 Å². The van der Waals surface area contributed by atoms with Crippen LogP contribution in [0.4, 0.5) is 5.69 Å². The van der Waals surface area contributed by atoms with Gasteiger partial charge in [0.05, 0.1) is 11.4 Å². The molecular formula is C17H12N2O2. The molecule has 3 rings (SSSR count). The number of nitrogens with zero attached hydrogens (tertiary/aromatic N) is 2. The van der Waals surface area contributed by atoms with E-state index in [4.69, 9.17) is 10.00 Å². The first-order valence-corrected chi connectivity index (χ1v) is 6.45. The Bertz CT molecular complexity index is 739. The standard InChI is InChI=1S/C17H12N2O2/c1-12-15-7-2-3-8-16(15)17(20)19(12)13-5-4-6-14(11-13)21-10-9-18/h2-8,11H,1,10H2. The van der Waals surface area contributed by atoms with Crippen molar-refractivity contribution >= 4 is 17.3 Å². The van der Waals surface area contributed by atoms with Gasteiger partial charge in [0.2, 0.25) is 0 Å². The van der Waals surface area contributed by atoms with Crippen LogP contribution in [0.1, 0.15) is 15.9 Å². The summed E-state index contributed by atoms with van der Waals surface area (Å²) in [7, 11) is 0. The van der Waals surface area contributed by atoms with Crippen LogP contribution in [0.25, 0.3) is 5.70 Å². The number of carbonyl (C=O) groups excluding carboxylic acids is 1. The summed E-state index contributed by atoms with van der Waals surface area (Å²) in [4.78, 5) is 14.1. The van der Waals surface area contributed by atoms with Crippen LogP contribution in [0, 0.1) is 11.3 Å². The van der Waals surface area contributed by atoms with Crippen LogP contribution in [-0.2, 0) is 0 Å². The summed E-state index contributed by atoms with van der Waals surface area (Å²) >= 11 is 0. The van der Waals surface area contributed by atoms with Gasteiger partial charge >= 0.3 is 0 Å². The van der Waals surface area contributed by atoms with E-state index in [-0.39, 0.29) is 12.5 Å². The van der Waals surface area contributed by atoms with Crippen molar-refractivity contribution < 1.29 is 9.53 Å². The molecule has 1 heterocycles. The number of ether oxygens (including phenoxy) is 1. The highest BCUT2D eigenvalue weighted by molar-refractivity contribution is 6.22. The zero-order valence-corrected chi connectivity index (χ0v) is 11.2. The van der Waals surface area contributed by atoms with Crippen LogP contribution in [0.15, 0.2) is 55.1 Å². The fourth-order valence-electron chi connectivity index (χ4n) is 2.39. The van der Waals surface area contributed by atoms with Crippen molar-refractivity contribution in [1.82, 2.24) is 0 Å². The Morgan fingerprint density at radius 3 is 2.62 bits per heavy atom. The average Bonchev–Trinajstić information content (AvgIpc) is 2.78. The molecule has 0 saturated carbocycles. The van der Waals surface area contributed by atoms with Gasteiger partial charge in [-0.25, -0.2) is 0 Å². The van der Waals surface area contributed by atoms with Crippen LogP contribution in [0.5, 0.6) is 5.75 Å². The number of benzene rings is 2. The third-order valence-electron chi connectivity index (χ3n) is 3.32. The van der Waals surface area contributed by atoms with Crippen molar-refractivity contribution in [2.45, 2.75) is 0 Å². The third-order valence-corrected chi connectivity index (χ3v) is 3.32. The van der Waals surface area contributed by atoms with Gasteiger partial charge in [0, 0.05) is 17.2 Å². The van der Waals surface area contributed by atoms with Gasteiger partial charge in [-0.1, -0.05) is 30.8 Å². The zero-order chi connectivity index (χ0) is 14.8. The Morgan fingerprint density at radius 1 is 1.14 bits per heavy atom. The molecule has 0 saturated heterocycles. The largest absolute Gasteiger partial charge is 0.479 e. The van der Waals surface area contributed by atoms with Gasteiger partial charge in [0.25, 0.3) is 5.91 Å². The maximum Gasteiger partial charge on any atom is 0.263 e. The first kappa shape index (κ1) is 12.9. The van der Waals surface area contributed by atoms with E-state index in [1.54, 1.807) is 29.2 Å². The molecule has 2 aromatic rings. The highest BCUT2D eigenvalue weighted by atomic mass is 16.5. The molecule has 0 N–H and O–H groups in total. The minimum Gasteiger partial charge on any atom is -0.479 e. The van der Waals surface area contributed by atoms with Crippen molar-refractivity contribution in [1.29, 1.82) is 5.26 Å². The maximum atomic E-state index is 12.5. The summed E-state index contributed by atoms with van der Waals surface area (Å²) in [5.74, 6) is 0.443. The SMILES string of the molecule is C=C1c2ccccc2C(=O)N1c1cccc(OCC#N)c1. The Kier molecular flexibility index (Phi) is 3.17. The summed E-state index contributed by atoms with van der Waals surface area (Å²) in [6, 6.07) is 16.4. The minimum absolute atomic E-state index is 0.0292. The van der Waals surface area contributed by atoms with E-state index in [1.807, 2.05) is 30.3 Å². The van der Waals surface area contributed by atoms with Crippen LogP contribution < -0.4 is 9.64 Å². The fraction of sp³-hybridized carbons (Fsp3) is 0.0588. The molecule has 1 amide bonds. The molecule has 1 aliphatic rings. The number of carbonyl (C=O) groups is 1. The van der Waals surface area contributed by atoms with Crippen molar-refractivity contribution in [2.24, 2.45) is 0 Å². The number of fused-ring (bicyclic) bond motifs is 1. The number of nitriles is 1. The Hall–Kier alpha value is -3.06. The predicted molar refractivity (Wildman–Crippen MR) is 79.8 cm³/mol. The number of hydrogen-bond donors (Lipinski definition) is 0.